The molecule has 0 amide bonds. The molecule has 3 nitrogen and oxygen atoms in total. The van der Waals surface area contributed by atoms with Crippen LogP contribution in [0.15, 0.2) is 24.3 Å². The van der Waals surface area contributed by atoms with Gasteiger partial charge in [-0.05, 0) is 55.7 Å². The van der Waals surface area contributed by atoms with Gasteiger partial charge < -0.3 is 15.6 Å². The molecule has 1 aliphatic rings. The summed E-state index contributed by atoms with van der Waals surface area (Å²) < 4.78 is 6.22. The van der Waals surface area contributed by atoms with E-state index < -0.39 is 6.10 Å². The highest BCUT2D eigenvalue weighted by Gasteiger charge is 2.44. The zero-order valence-electron chi connectivity index (χ0n) is 14.8. The van der Waals surface area contributed by atoms with Crippen molar-refractivity contribution in [1.29, 1.82) is 0 Å². The van der Waals surface area contributed by atoms with Crippen molar-refractivity contribution in [1.82, 2.24) is 0 Å². The third kappa shape index (κ3) is 5.22. The third-order valence-electron chi connectivity index (χ3n) is 5.11. The van der Waals surface area contributed by atoms with Crippen LogP contribution in [0.2, 0.25) is 0 Å². The van der Waals surface area contributed by atoms with Crippen molar-refractivity contribution in [3.05, 3.63) is 29.8 Å². The lowest BCUT2D eigenvalue weighted by Crippen LogP contribution is -2.31. The Balaban J connectivity index is 2.01. The van der Waals surface area contributed by atoms with Gasteiger partial charge in [-0.1, -0.05) is 38.8 Å². The van der Waals surface area contributed by atoms with Gasteiger partial charge in [0.25, 0.3) is 0 Å². The molecule has 2 rings (SSSR count). The summed E-state index contributed by atoms with van der Waals surface area (Å²) in [7, 11) is 0. The number of nitrogens with two attached hydrogens (primary N) is 1. The van der Waals surface area contributed by atoms with Crippen LogP contribution in [0, 0.1) is 11.3 Å². The summed E-state index contributed by atoms with van der Waals surface area (Å²) in [4.78, 5) is 0. The standard InChI is InChI=1S/C20H33NO2/c1-3-10-20(11-4-2,17-8-9-17)15-23-19-7-5-6-16(13-19)12-18(22)14-21/h5-7,13,17-18,22H,3-4,8-12,14-15,21H2,1-2H3. The van der Waals surface area contributed by atoms with E-state index in [4.69, 9.17) is 10.5 Å². The Morgan fingerprint density at radius 2 is 1.96 bits per heavy atom. The molecule has 3 heteroatoms. The van der Waals surface area contributed by atoms with Crippen molar-refractivity contribution < 1.29 is 9.84 Å². The summed E-state index contributed by atoms with van der Waals surface area (Å²) in [5.41, 5.74) is 6.94. The Morgan fingerprint density at radius 1 is 1.26 bits per heavy atom. The van der Waals surface area contributed by atoms with Gasteiger partial charge in [-0.15, -0.1) is 0 Å². The number of benzene rings is 1. The number of hydrogen-bond acceptors (Lipinski definition) is 3. The Labute approximate surface area is 141 Å². The molecule has 1 atom stereocenters. The number of hydrogen-bond donors (Lipinski definition) is 2. The fourth-order valence-electron chi connectivity index (χ4n) is 3.83. The first-order chi connectivity index (χ1) is 11.1. The smallest absolute Gasteiger partial charge is 0.119 e. The van der Waals surface area contributed by atoms with Crippen LogP contribution in [0.25, 0.3) is 0 Å². The molecule has 0 aromatic heterocycles. The molecule has 3 N–H and O–H groups in total. The van der Waals surface area contributed by atoms with Crippen LogP contribution in [-0.4, -0.2) is 24.4 Å². The summed E-state index contributed by atoms with van der Waals surface area (Å²) in [6.45, 7) is 5.67. The van der Waals surface area contributed by atoms with E-state index in [0.29, 0.717) is 18.4 Å². The number of ether oxygens (including phenoxy) is 1. The first-order valence-corrected chi connectivity index (χ1v) is 9.23. The summed E-state index contributed by atoms with van der Waals surface area (Å²) in [6.07, 6.45) is 7.82. The minimum Gasteiger partial charge on any atom is -0.493 e. The summed E-state index contributed by atoms with van der Waals surface area (Å²) in [5.74, 6) is 1.77. The topological polar surface area (TPSA) is 55.5 Å². The zero-order chi connectivity index (χ0) is 16.7. The van der Waals surface area contributed by atoms with Crippen molar-refractivity contribution >= 4 is 0 Å². The predicted molar refractivity (Wildman–Crippen MR) is 95.7 cm³/mol. The number of aliphatic hydroxyl groups is 1. The minimum atomic E-state index is -0.476. The van der Waals surface area contributed by atoms with Gasteiger partial charge in [0.2, 0.25) is 0 Å². The first-order valence-electron chi connectivity index (χ1n) is 9.23. The molecule has 0 saturated heterocycles. The molecule has 0 spiro atoms. The second-order valence-corrected chi connectivity index (χ2v) is 7.17. The summed E-state index contributed by atoms with van der Waals surface area (Å²) >= 11 is 0. The lowest BCUT2D eigenvalue weighted by Gasteiger charge is -2.34. The van der Waals surface area contributed by atoms with Gasteiger partial charge in [-0.25, -0.2) is 0 Å². The normalized spacial score (nSPS) is 16.3. The van der Waals surface area contributed by atoms with Crippen molar-refractivity contribution in [2.24, 2.45) is 17.1 Å². The van der Waals surface area contributed by atoms with Crippen molar-refractivity contribution in [3.8, 4) is 5.75 Å². The average Bonchev–Trinajstić information content (AvgIpc) is 3.38. The fourth-order valence-corrected chi connectivity index (χ4v) is 3.83. The van der Waals surface area contributed by atoms with Crippen molar-refractivity contribution in [2.45, 2.75) is 64.9 Å². The van der Waals surface area contributed by atoms with Gasteiger partial charge in [0.15, 0.2) is 0 Å². The van der Waals surface area contributed by atoms with Crippen LogP contribution >= 0.6 is 0 Å². The van der Waals surface area contributed by atoms with Gasteiger partial charge in [-0.2, -0.15) is 0 Å². The summed E-state index contributed by atoms with van der Waals surface area (Å²) in [5, 5.41) is 9.72. The Bertz CT molecular complexity index is 464. The molecule has 23 heavy (non-hydrogen) atoms. The van der Waals surface area contributed by atoms with Crippen molar-refractivity contribution in [2.75, 3.05) is 13.2 Å². The van der Waals surface area contributed by atoms with Gasteiger partial charge in [-0.3, -0.25) is 0 Å². The SMILES string of the molecule is CCCC(CCC)(COc1cccc(CC(O)CN)c1)C1CC1. The molecule has 130 valence electrons. The third-order valence-corrected chi connectivity index (χ3v) is 5.11. The van der Waals surface area contributed by atoms with E-state index in [2.05, 4.69) is 19.9 Å². The molecule has 0 radical (unpaired) electrons. The van der Waals surface area contributed by atoms with E-state index in [1.807, 2.05) is 18.2 Å². The quantitative estimate of drug-likeness (QED) is 0.650. The molecular formula is C20H33NO2. The molecule has 0 aliphatic heterocycles. The van der Waals surface area contributed by atoms with E-state index in [1.165, 1.54) is 38.5 Å². The molecule has 1 unspecified atom stereocenters. The second-order valence-electron chi connectivity index (χ2n) is 7.17. The van der Waals surface area contributed by atoms with E-state index in [0.717, 1.165) is 23.8 Å². The predicted octanol–water partition coefficient (Wildman–Crippen LogP) is 3.92. The second kappa shape index (κ2) is 8.70. The highest BCUT2D eigenvalue weighted by Crippen LogP contribution is 2.51. The number of aliphatic hydroxyl groups excluding tert-OH is 1. The Morgan fingerprint density at radius 3 is 2.52 bits per heavy atom. The Kier molecular flexibility index (Phi) is 6.91. The largest absolute Gasteiger partial charge is 0.493 e. The molecule has 0 bridgehead atoms. The van der Waals surface area contributed by atoms with Gasteiger partial charge in [0.1, 0.15) is 5.75 Å². The maximum absolute atomic E-state index is 9.72. The van der Waals surface area contributed by atoms with Crippen LogP contribution in [-0.2, 0) is 6.42 Å². The van der Waals surface area contributed by atoms with E-state index in [9.17, 15) is 5.11 Å². The number of rotatable bonds is 11. The van der Waals surface area contributed by atoms with Crippen LogP contribution in [0.3, 0.4) is 0 Å². The maximum atomic E-state index is 9.72. The molecular weight excluding hydrogens is 286 g/mol. The highest BCUT2D eigenvalue weighted by atomic mass is 16.5. The first kappa shape index (κ1) is 18.3. The lowest BCUT2D eigenvalue weighted by atomic mass is 9.75. The average molecular weight is 319 g/mol. The maximum Gasteiger partial charge on any atom is 0.119 e. The van der Waals surface area contributed by atoms with Crippen LogP contribution in [0.5, 0.6) is 5.75 Å². The van der Waals surface area contributed by atoms with Gasteiger partial charge >= 0.3 is 0 Å². The molecule has 1 fully saturated rings. The van der Waals surface area contributed by atoms with Crippen molar-refractivity contribution in [3.63, 3.8) is 0 Å². The summed E-state index contributed by atoms with van der Waals surface area (Å²) in [6, 6.07) is 8.10. The minimum absolute atomic E-state index is 0.295. The molecule has 1 saturated carbocycles. The Hall–Kier alpha value is -1.06. The van der Waals surface area contributed by atoms with E-state index >= 15 is 0 Å². The van der Waals surface area contributed by atoms with Crippen LogP contribution in [0.1, 0.15) is 57.9 Å². The van der Waals surface area contributed by atoms with E-state index in [-0.39, 0.29) is 0 Å². The van der Waals surface area contributed by atoms with Crippen LogP contribution in [0.4, 0.5) is 0 Å². The fraction of sp³-hybridized carbons (Fsp3) is 0.700. The van der Waals surface area contributed by atoms with E-state index in [1.54, 1.807) is 0 Å². The lowest BCUT2D eigenvalue weighted by molar-refractivity contribution is 0.0948. The molecule has 1 aromatic rings. The molecule has 1 aliphatic carbocycles. The zero-order valence-corrected chi connectivity index (χ0v) is 14.8. The van der Waals surface area contributed by atoms with Crippen LogP contribution < -0.4 is 10.5 Å². The monoisotopic (exact) mass is 319 g/mol. The highest BCUT2D eigenvalue weighted by molar-refractivity contribution is 5.29. The van der Waals surface area contributed by atoms with Gasteiger partial charge in [0.05, 0.1) is 12.7 Å². The van der Waals surface area contributed by atoms with Gasteiger partial charge in [0, 0.05) is 12.0 Å². The molecule has 1 aromatic carbocycles. The molecule has 0 heterocycles.